The number of hydrogen-bond acceptors (Lipinski definition) is 4. The SMILES string of the molecule is Cc1cc(C(=O)O)cc2c1nc(CN1CCCCC1)n2CC1CCO1. The third-order valence-electron chi connectivity index (χ3n) is 5.36. The van der Waals surface area contributed by atoms with Gasteiger partial charge in [-0.1, -0.05) is 6.42 Å². The maximum atomic E-state index is 11.5. The van der Waals surface area contributed by atoms with Gasteiger partial charge in [-0.3, -0.25) is 4.90 Å². The number of carboxylic acid groups (broad SMARTS) is 1. The van der Waals surface area contributed by atoms with E-state index in [0.717, 1.165) is 61.6 Å². The summed E-state index contributed by atoms with van der Waals surface area (Å²) in [6.07, 6.45) is 5.07. The summed E-state index contributed by atoms with van der Waals surface area (Å²) in [4.78, 5) is 18.8. The van der Waals surface area contributed by atoms with Gasteiger partial charge in [-0.15, -0.1) is 0 Å². The third kappa shape index (κ3) is 3.28. The highest BCUT2D eigenvalue weighted by Crippen LogP contribution is 2.26. The number of hydrogen-bond donors (Lipinski definition) is 1. The molecule has 0 saturated carbocycles. The first-order valence-corrected chi connectivity index (χ1v) is 9.19. The molecule has 0 radical (unpaired) electrons. The first kappa shape index (κ1) is 16.5. The maximum absolute atomic E-state index is 11.5. The monoisotopic (exact) mass is 343 g/mol. The standard InChI is InChI=1S/C19H25N3O3/c1-13-9-14(19(23)24)10-16-18(13)20-17(12-21-6-3-2-4-7-21)22(16)11-15-5-8-25-15/h9-10,15H,2-8,11-12H2,1H3,(H,23,24). The fraction of sp³-hybridized carbons (Fsp3) is 0.579. The van der Waals surface area contributed by atoms with E-state index < -0.39 is 5.97 Å². The molecule has 3 heterocycles. The lowest BCUT2D eigenvalue weighted by atomic mass is 10.1. The smallest absolute Gasteiger partial charge is 0.335 e. The van der Waals surface area contributed by atoms with Crippen LogP contribution in [0.3, 0.4) is 0 Å². The van der Waals surface area contributed by atoms with Crippen molar-refractivity contribution in [1.29, 1.82) is 0 Å². The summed E-state index contributed by atoms with van der Waals surface area (Å²) < 4.78 is 7.82. The maximum Gasteiger partial charge on any atom is 0.335 e. The molecule has 4 rings (SSSR count). The van der Waals surface area contributed by atoms with Crippen LogP contribution in [0.1, 0.15) is 47.4 Å². The van der Waals surface area contributed by atoms with Gasteiger partial charge < -0.3 is 14.4 Å². The van der Waals surface area contributed by atoms with E-state index in [1.165, 1.54) is 19.3 Å². The molecule has 6 heteroatoms. The largest absolute Gasteiger partial charge is 0.478 e. The second-order valence-electron chi connectivity index (χ2n) is 7.22. The number of aromatic nitrogens is 2. The van der Waals surface area contributed by atoms with Gasteiger partial charge >= 0.3 is 5.97 Å². The molecule has 134 valence electrons. The van der Waals surface area contributed by atoms with Crippen molar-refractivity contribution < 1.29 is 14.6 Å². The summed E-state index contributed by atoms with van der Waals surface area (Å²) in [5, 5.41) is 9.40. The minimum absolute atomic E-state index is 0.214. The lowest BCUT2D eigenvalue weighted by Crippen LogP contribution is -2.34. The number of carboxylic acids is 1. The van der Waals surface area contributed by atoms with Crippen molar-refractivity contribution in [3.05, 3.63) is 29.1 Å². The van der Waals surface area contributed by atoms with Crippen LogP contribution >= 0.6 is 0 Å². The molecule has 1 atom stereocenters. The average molecular weight is 343 g/mol. The lowest BCUT2D eigenvalue weighted by molar-refractivity contribution is -0.0592. The van der Waals surface area contributed by atoms with Gasteiger partial charge in [0.05, 0.1) is 35.8 Å². The van der Waals surface area contributed by atoms with Crippen LogP contribution in [-0.2, 0) is 17.8 Å². The van der Waals surface area contributed by atoms with Crippen molar-refractivity contribution >= 4 is 17.0 Å². The van der Waals surface area contributed by atoms with Crippen LogP contribution < -0.4 is 0 Å². The molecule has 25 heavy (non-hydrogen) atoms. The number of carbonyl (C=O) groups is 1. The molecule has 1 unspecified atom stereocenters. The van der Waals surface area contributed by atoms with Crippen LogP contribution in [-0.4, -0.2) is 51.3 Å². The lowest BCUT2D eigenvalue weighted by Gasteiger charge is -2.29. The van der Waals surface area contributed by atoms with Crippen LogP contribution in [0.5, 0.6) is 0 Å². The Hall–Kier alpha value is -1.92. The molecule has 0 amide bonds. The molecule has 0 bridgehead atoms. The number of piperidine rings is 1. The number of nitrogens with zero attached hydrogens (tertiary/aromatic N) is 3. The zero-order chi connectivity index (χ0) is 17.4. The van der Waals surface area contributed by atoms with Gasteiger partial charge in [-0.2, -0.15) is 0 Å². The van der Waals surface area contributed by atoms with Crippen LogP contribution in [0.2, 0.25) is 0 Å². The number of ether oxygens (including phenoxy) is 1. The number of aryl methyl sites for hydroxylation is 1. The van der Waals surface area contributed by atoms with Crippen LogP contribution in [0, 0.1) is 6.92 Å². The Kier molecular flexibility index (Phi) is 4.48. The van der Waals surface area contributed by atoms with Gasteiger partial charge in [-0.05, 0) is 57.0 Å². The van der Waals surface area contributed by atoms with Crippen molar-refractivity contribution in [2.75, 3.05) is 19.7 Å². The molecule has 2 aliphatic heterocycles. The van der Waals surface area contributed by atoms with Crippen molar-refractivity contribution in [3.8, 4) is 0 Å². The number of aromatic carboxylic acids is 1. The van der Waals surface area contributed by atoms with Gasteiger partial charge in [0.1, 0.15) is 5.82 Å². The highest BCUT2D eigenvalue weighted by Gasteiger charge is 2.24. The molecule has 1 aromatic carbocycles. The zero-order valence-corrected chi connectivity index (χ0v) is 14.7. The quantitative estimate of drug-likeness (QED) is 0.904. The normalized spacial score (nSPS) is 21.4. The Morgan fingerprint density at radius 1 is 1.32 bits per heavy atom. The summed E-state index contributed by atoms with van der Waals surface area (Å²) in [6.45, 7) is 6.56. The van der Waals surface area contributed by atoms with Crippen molar-refractivity contribution in [2.24, 2.45) is 0 Å². The number of likely N-dealkylation sites (tertiary alicyclic amines) is 1. The van der Waals surface area contributed by atoms with Gasteiger partial charge in [0.25, 0.3) is 0 Å². The van der Waals surface area contributed by atoms with Gasteiger partial charge in [0.2, 0.25) is 0 Å². The molecule has 2 saturated heterocycles. The van der Waals surface area contributed by atoms with E-state index in [2.05, 4.69) is 9.47 Å². The minimum atomic E-state index is -0.893. The van der Waals surface area contributed by atoms with Gasteiger partial charge in [0, 0.05) is 6.61 Å². The fourth-order valence-electron chi connectivity index (χ4n) is 3.84. The second kappa shape index (κ2) is 6.77. The molecule has 0 spiro atoms. The van der Waals surface area contributed by atoms with Crippen molar-refractivity contribution in [1.82, 2.24) is 14.5 Å². The second-order valence-corrected chi connectivity index (χ2v) is 7.22. The number of imidazole rings is 1. The van der Waals surface area contributed by atoms with E-state index >= 15 is 0 Å². The van der Waals surface area contributed by atoms with Gasteiger partial charge in [0.15, 0.2) is 0 Å². The van der Waals surface area contributed by atoms with E-state index in [9.17, 15) is 9.90 Å². The molecular weight excluding hydrogens is 318 g/mol. The van der Waals surface area contributed by atoms with Crippen molar-refractivity contribution in [2.45, 2.75) is 51.8 Å². The summed E-state index contributed by atoms with van der Waals surface area (Å²) in [7, 11) is 0. The van der Waals surface area contributed by atoms with E-state index in [4.69, 9.17) is 9.72 Å². The van der Waals surface area contributed by atoms with E-state index in [1.54, 1.807) is 12.1 Å². The third-order valence-corrected chi connectivity index (χ3v) is 5.36. The molecule has 1 N–H and O–H groups in total. The summed E-state index contributed by atoms with van der Waals surface area (Å²) in [5.41, 5.74) is 3.07. The van der Waals surface area contributed by atoms with Crippen molar-refractivity contribution in [3.63, 3.8) is 0 Å². The first-order chi connectivity index (χ1) is 12.1. The Morgan fingerprint density at radius 2 is 2.08 bits per heavy atom. The zero-order valence-electron chi connectivity index (χ0n) is 14.7. The number of fused-ring (bicyclic) bond motifs is 1. The molecule has 6 nitrogen and oxygen atoms in total. The number of rotatable bonds is 5. The minimum Gasteiger partial charge on any atom is -0.478 e. The Labute approximate surface area is 147 Å². The van der Waals surface area contributed by atoms with E-state index in [1.807, 2.05) is 6.92 Å². The molecular formula is C19H25N3O3. The Bertz CT molecular complexity index is 789. The molecule has 0 aliphatic carbocycles. The average Bonchev–Trinajstić information content (AvgIpc) is 2.90. The Balaban J connectivity index is 1.74. The topological polar surface area (TPSA) is 67.6 Å². The van der Waals surface area contributed by atoms with Gasteiger partial charge in [-0.25, -0.2) is 9.78 Å². The molecule has 2 aliphatic rings. The Morgan fingerprint density at radius 3 is 2.72 bits per heavy atom. The van der Waals surface area contributed by atoms with E-state index in [0.29, 0.717) is 5.56 Å². The van der Waals surface area contributed by atoms with Crippen LogP contribution in [0.25, 0.3) is 11.0 Å². The predicted octanol–water partition coefficient (Wildman–Crippen LogP) is 2.82. The van der Waals surface area contributed by atoms with Crippen LogP contribution in [0.4, 0.5) is 0 Å². The molecule has 2 fully saturated rings. The summed E-state index contributed by atoms with van der Waals surface area (Å²) in [6, 6.07) is 3.47. The summed E-state index contributed by atoms with van der Waals surface area (Å²) >= 11 is 0. The first-order valence-electron chi connectivity index (χ1n) is 9.19. The highest BCUT2D eigenvalue weighted by molar-refractivity contribution is 5.93. The van der Waals surface area contributed by atoms with Crippen LogP contribution in [0.15, 0.2) is 12.1 Å². The fourth-order valence-corrected chi connectivity index (χ4v) is 3.84. The summed E-state index contributed by atoms with van der Waals surface area (Å²) in [5.74, 6) is 0.133. The van der Waals surface area contributed by atoms with E-state index in [-0.39, 0.29) is 6.10 Å². The highest BCUT2D eigenvalue weighted by atomic mass is 16.5. The predicted molar refractivity (Wildman–Crippen MR) is 94.9 cm³/mol. The number of benzene rings is 1. The molecule has 2 aromatic rings. The molecule has 1 aromatic heterocycles.